The molecule has 0 radical (unpaired) electrons. The fourth-order valence-electron chi connectivity index (χ4n) is 3.09. The molecule has 0 spiro atoms. The van der Waals surface area contributed by atoms with Gasteiger partial charge in [0.05, 0.1) is 0 Å². The summed E-state index contributed by atoms with van der Waals surface area (Å²) in [4.78, 5) is 0. The highest BCUT2D eigenvalue weighted by molar-refractivity contribution is 9.10. The molecule has 1 heteroatoms. The second-order valence-electron chi connectivity index (χ2n) is 5.55. The van der Waals surface area contributed by atoms with E-state index in [-0.39, 0.29) is 0 Å². The number of allylic oxidation sites excluding steroid dienone is 2. The summed E-state index contributed by atoms with van der Waals surface area (Å²) < 4.78 is 1.11. The molecule has 0 amide bonds. The van der Waals surface area contributed by atoms with Crippen LogP contribution >= 0.6 is 15.9 Å². The minimum atomic E-state index is 1.11. The van der Waals surface area contributed by atoms with E-state index in [1.807, 2.05) is 6.07 Å². The number of benzene rings is 3. The number of rotatable bonds is 2. The molecule has 0 aromatic heterocycles. The summed E-state index contributed by atoms with van der Waals surface area (Å²) in [6.07, 6.45) is 6.49. The first-order chi connectivity index (χ1) is 11.3. The third kappa shape index (κ3) is 2.58. The van der Waals surface area contributed by atoms with E-state index < -0.39 is 0 Å². The first-order valence-corrected chi connectivity index (χ1v) is 8.46. The Morgan fingerprint density at radius 2 is 1.13 bits per heavy atom. The smallest absolute Gasteiger partial charge is 0.0247 e. The molecule has 3 aromatic carbocycles. The SMILES string of the molecule is Brc1ccccc1/C=C/C=C1c2ccccc2-c2ccccc21. The van der Waals surface area contributed by atoms with Gasteiger partial charge in [0.1, 0.15) is 0 Å². The monoisotopic (exact) mass is 358 g/mol. The Morgan fingerprint density at radius 1 is 0.609 bits per heavy atom. The van der Waals surface area contributed by atoms with Gasteiger partial charge in [-0.25, -0.2) is 0 Å². The van der Waals surface area contributed by atoms with Crippen molar-refractivity contribution in [3.63, 3.8) is 0 Å². The quantitative estimate of drug-likeness (QED) is 0.379. The van der Waals surface area contributed by atoms with Crippen molar-refractivity contribution in [1.29, 1.82) is 0 Å². The lowest BCUT2D eigenvalue weighted by Crippen LogP contribution is -1.79. The van der Waals surface area contributed by atoms with E-state index in [2.05, 4.69) is 101 Å². The summed E-state index contributed by atoms with van der Waals surface area (Å²) in [6.45, 7) is 0. The normalized spacial score (nSPS) is 12.3. The summed E-state index contributed by atoms with van der Waals surface area (Å²) in [6, 6.07) is 25.5. The van der Waals surface area contributed by atoms with Crippen molar-refractivity contribution in [1.82, 2.24) is 0 Å². The Morgan fingerprint density at radius 3 is 1.74 bits per heavy atom. The molecule has 110 valence electrons. The van der Waals surface area contributed by atoms with Crippen LogP contribution in [0.5, 0.6) is 0 Å². The van der Waals surface area contributed by atoms with Crippen molar-refractivity contribution in [2.45, 2.75) is 0 Å². The summed E-state index contributed by atoms with van der Waals surface area (Å²) >= 11 is 3.59. The van der Waals surface area contributed by atoms with Crippen LogP contribution in [0.4, 0.5) is 0 Å². The van der Waals surface area contributed by atoms with E-state index in [9.17, 15) is 0 Å². The van der Waals surface area contributed by atoms with Gasteiger partial charge in [0.2, 0.25) is 0 Å². The van der Waals surface area contributed by atoms with Gasteiger partial charge in [0.15, 0.2) is 0 Å². The zero-order valence-electron chi connectivity index (χ0n) is 12.5. The number of hydrogen-bond donors (Lipinski definition) is 0. The molecule has 23 heavy (non-hydrogen) atoms. The number of fused-ring (bicyclic) bond motifs is 3. The predicted octanol–water partition coefficient (Wildman–Crippen LogP) is 6.57. The molecule has 0 N–H and O–H groups in total. The van der Waals surface area contributed by atoms with Gasteiger partial charge in [-0.3, -0.25) is 0 Å². The van der Waals surface area contributed by atoms with Gasteiger partial charge in [-0.1, -0.05) is 101 Å². The Hall–Kier alpha value is -2.38. The van der Waals surface area contributed by atoms with Gasteiger partial charge in [-0.15, -0.1) is 0 Å². The molecule has 0 saturated heterocycles. The van der Waals surface area contributed by atoms with Crippen molar-refractivity contribution in [3.8, 4) is 11.1 Å². The van der Waals surface area contributed by atoms with Gasteiger partial charge >= 0.3 is 0 Å². The zero-order chi connectivity index (χ0) is 15.6. The second-order valence-corrected chi connectivity index (χ2v) is 6.41. The molecule has 0 heterocycles. The van der Waals surface area contributed by atoms with Gasteiger partial charge in [0.25, 0.3) is 0 Å². The van der Waals surface area contributed by atoms with E-state index in [1.165, 1.54) is 33.4 Å². The largest absolute Gasteiger partial charge is 0.0616 e. The molecule has 1 aliphatic rings. The molecule has 0 atom stereocenters. The lowest BCUT2D eigenvalue weighted by molar-refractivity contribution is 1.60. The third-order valence-electron chi connectivity index (χ3n) is 4.17. The predicted molar refractivity (Wildman–Crippen MR) is 102 cm³/mol. The van der Waals surface area contributed by atoms with E-state index in [0.29, 0.717) is 0 Å². The molecule has 0 saturated carbocycles. The van der Waals surface area contributed by atoms with E-state index >= 15 is 0 Å². The van der Waals surface area contributed by atoms with Gasteiger partial charge in [0, 0.05) is 4.47 Å². The molecular formula is C22H15Br. The Labute approximate surface area is 144 Å². The topological polar surface area (TPSA) is 0 Å². The van der Waals surface area contributed by atoms with Crippen LogP contribution in [0.25, 0.3) is 22.8 Å². The second kappa shape index (κ2) is 6.02. The van der Waals surface area contributed by atoms with Gasteiger partial charge in [-0.2, -0.15) is 0 Å². The van der Waals surface area contributed by atoms with Crippen LogP contribution in [0, 0.1) is 0 Å². The van der Waals surface area contributed by atoms with Crippen LogP contribution in [-0.4, -0.2) is 0 Å². The van der Waals surface area contributed by atoms with Crippen LogP contribution in [-0.2, 0) is 0 Å². The Balaban J connectivity index is 1.78. The summed E-state index contributed by atoms with van der Waals surface area (Å²) in [5, 5.41) is 0. The molecule has 3 aromatic rings. The minimum Gasteiger partial charge on any atom is -0.0616 e. The van der Waals surface area contributed by atoms with Gasteiger partial charge < -0.3 is 0 Å². The van der Waals surface area contributed by atoms with Crippen LogP contribution < -0.4 is 0 Å². The fourth-order valence-corrected chi connectivity index (χ4v) is 3.51. The molecule has 1 aliphatic carbocycles. The van der Waals surface area contributed by atoms with Crippen molar-refractivity contribution in [3.05, 3.63) is 106 Å². The first-order valence-electron chi connectivity index (χ1n) is 7.67. The van der Waals surface area contributed by atoms with E-state index in [0.717, 1.165) is 4.47 Å². The van der Waals surface area contributed by atoms with Crippen LogP contribution in [0.3, 0.4) is 0 Å². The minimum absolute atomic E-state index is 1.11. The highest BCUT2D eigenvalue weighted by Gasteiger charge is 2.21. The summed E-state index contributed by atoms with van der Waals surface area (Å²) in [7, 11) is 0. The zero-order valence-corrected chi connectivity index (χ0v) is 14.1. The fraction of sp³-hybridized carbons (Fsp3) is 0. The standard InChI is InChI=1S/C22H15Br/c23-22-15-6-1-8-16(22)9-7-14-21-19-12-4-2-10-17(19)18-11-3-5-13-20(18)21/h1-15H/b9-7+. The van der Waals surface area contributed by atoms with Crippen LogP contribution in [0.15, 0.2) is 89.4 Å². The molecule has 0 unspecified atom stereocenters. The van der Waals surface area contributed by atoms with E-state index in [4.69, 9.17) is 0 Å². The highest BCUT2D eigenvalue weighted by Crippen LogP contribution is 2.43. The summed E-state index contributed by atoms with van der Waals surface area (Å²) in [5.41, 5.74) is 7.74. The lowest BCUT2D eigenvalue weighted by Gasteiger charge is -2.01. The Kier molecular flexibility index (Phi) is 3.72. The Bertz CT molecular complexity index is 884. The maximum atomic E-state index is 3.59. The average molecular weight is 359 g/mol. The maximum absolute atomic E-state index is 3.59. The number of halogens is 1. The molecular weight excluding hydrogens is 344 g/mol. The molecule has 0 bridgehead atoms. The average Bonchev–Trinajstić information content (AvgIpc) is 2.91. The third-order valence-corrected chi connectivity index (χ3v) is 4.89. The van der Waals surface area contributed by atoms with Crippen molar-refractivity contribution >= 4 is 27.6 Å². The lowest BCUT2D eigenvalue weighted by atomic mass is 10.0. The molecule has 0 aliphatic heterocycles. The van der Waals surface area contributed by atoms with Crippen LogP contribution in [0.2, 0.25) is 0 Å². The molecule has 4 rings (SSSR count). The molecule has 0 nitrogen and oxygen atoms in total. The van der Waals surface area contributed by atoms with E-state index in [1.54, 1.807) is 0 Å². The highest BCUT2D eigenvalue weighted by atomic mass is 79.9. The first kappa shape index (κ1) is 14.2. The van der Waals surface area contributed by atoms with Crippen molar-refractivity contribution < 1.29 is 0 Å². The number of hydrogen-bond acceptors (Lipinski definition) is 0. The van der Waals surface area contributed by atoms with Crippen molar-refractivity contribution in [2.24, 2.45) is 0 Å². The molecule has 0 fully saturated rings. The van der Waals surface area contributed by atoms with Crippen molar-refractivity contribution in [2.75, 3.05) is 0 Å². The van der Waals surface area contributed by atoms with Gasteiger partial charge in [-0.05, 0) is 39.5 Å². The van der Waals surface area contributed by atoms with Crippen LogP contribution in [0.1, 0.15) is 16.7 Å². The summed E-state index contributed by atoms with van der Waals surface area (Å²) in [5.74, 6) is 0. The maximum Gasteiger partial charge on any atom is 0.0247 e.